The molecule has 114 valence electrons. The fraction of sp³-hybridized carbons (Fsp3) is 0.667. The minimum Gasteiger partial charge on any atom is -0.480 e. The molecule has 21 heavy (non-hydrogen) atoms. The van der Waals surface area contributed by atoms with E-state index in [0.717, 1.165) is 23.5 Å². The zero-order chi connectivity index (χ0) is 14.9. The molecule has 1 heterocycles. The summed E-state index contributed by atoms with van der Waals surface area (Å²) in [5.74, 6) is 0.291. The molecule has 3 rings (SSSR count). The molecule has 1 aromatic rings. The minimum atomic E-state index is -1.05. The molecule has 2 aliphatic carbocycles. The van der Waals surface area contributed by atoms with Crippen molar-refractivity contribution in [1.29, 1.82) is 0 Å². The van der Waals surface area contributed by atoms with Crippen molar-refractivity contribution in [1.82, 2.24) is 9.55 Å². The quantitative estimate of drug-likeness (QED) is 0.833. The molecule has 0 bridgehead atoms. The van der Waals surface area contributed by atoms with Gasteiger partial charge in [-0.15, -0.1) is 0 Å². The molecule has 2 saturated carbocycles. The number of aromatic nitrogens is 2. The van der Waals surface area contributed by atoms with Crippen molar-refractivity contribution in [2.75, 3.05) is 11.9 Å². The van der Waals surface area contributed by atoms with Crippen molar-refractivity contribution >= 4 is 11.8 Å². The summed E-state index contributed by atoms with van der Waals surface area (Å²) in [5, 5.41) is 11.8. The number of anilines is 1. The van der Waals surface area contributed by atoms with E-state index >= 15 is 0 Å². The van der Waals surface area contributed by atoms with Crippen LogP contribution in [0.1, 0.15) is 38.5 Å². The number of hydrogen-bond donors (Lipinski definition) is 2. The zero-order valence-corrected chi connectivity index (χ0v) is 12.0. The van der Waals surface area contributed by atoms with Crippen LogP contribution in [-0.2, 0) is 11.3 Å². The van der Waals surface area contributed by atoms with Gasteiger partial charge in [-0.05, 0) is 43.4 Å². The third kappa shape index (κ3) is 3.09. The average Bonchev–Trinajstić information content (AvgIpc) is 2.32. The molecule has 0 aliphatic heterocycles. The molecule has 0 atom stereocenters. The minimum absolute atomic E-state index is 0.341. The number of carboxylic acids is 1. The van der Waals surface area contributed by atoms with Crippen molar-refractivity contribution in [2.24, 2.45) is 11.3 Å². The van der Waals surface area contributed by atoms with Crippen LogP contribution in [0.3, 0.4) is 0 Å². The summed E-state index contributed by atoms with van der Waals surface area (Å²) in [6, 6.07) is 1.36. The van der Waals surface area contributed by atoms with E-state index in [1.165, 1.54) is 44.5 Å². The zero-order valence-electron chi connectivity index (χ0n) is 12.0. The Morgan fingerprint density at radius 1 is 1.48 bits per heavy atom. The number of rotatable bonds is 6. The van der Waals surface area contributed by atoms with Gasteiger partial charge in [0.2, 0.25) is 0 Å². The van der Waals surface area contributed by atoms with Crippen LogP contribution in [0.2, 0.25) is 0 Å². The first-order chi connectivity index (χ1) is 10.1. The summed E-state index contributed by atoms with van der Waals surface area (Å²) in [7, 11) is 0. The van der Waals surface area contributed by atoms with Crippen LogP contribution in [0.4, 0.5) is 5.82 Å². The van der Waals surface area contributed by atoms with Crippen LogP contribution in [0.5, 0.6) is 0 Å². The van der Waals surface area contributed by atoms with E-state index in [0.29, 0.717) is 11.2 Å². The van der Waals surface area contributed by atoms with E-state index in [-0.39, 0.29) is 12.1 Å². The molecule has 1 spiro atoms. The Kier molecular flexibility index (Phi) is 3.69. The molecule has 6 heteroatoms. The summed E-state index contributed by atoms with van der Waals surface area (Å²) in [6.45, 7) is 0.465. The summed E-state index contributed by atoms with van der Waals surface area (Å²) in [6.07, 6.45) is 9.36. The first kappa shape index (κ1) is 14.1. The van der Waals surface area contributed by atoms with E-state index in [2.05, 4.69) is 10.3 Å². The molecule has 0 radical (unpaired) electrons. The van der Waals surface area contributed by atoms with Gasteiger partial charge in [0.15, 0.2) is 0 Å². The van der Waals surface area contributed by atoms with Crippen molar-refractivity contribution < 1.29 is 9.90 Å². The lowest BCUT2D eigenvalue weighted by molar-refractivity contribution is -0.137. The van der Waals surface area contributed by atoms with Gasteiger partial charge < -0.3 is 10.4 Å². The summed E-state index contributed by atoms with van der Waals surface area (Å²) in [4.78, 5) is 26.3. The monoisotopic (exact) mass is 291 g/mol. The Labute approximate surface area is 123 Å². The molecule has 0 aromatic carbocycles. The Hall–Kier alpha value is -1.85. The summed E-state index contributed by atoms with van der Waals surface area (Å²) < 4.78 is 1.08. The standard InChI is InChI=1S/C15H21N3O3/c19-13-6-12(17-10-18(13)9-14(20)21)16-5-2-11-7-15(8-11)3-1-4-15/h6,10-11,16H,1-5,7-9H2,(H,20,21). The van der Waals surface area contributed by atoms with Gasteiger partial charge in [-0.2, -0.15) is 0 Å². The van der Waals surface area contributed by atoms with Crippen LogP contribution < -0.4 is 10.9 Å². The van der Waals surface area contributed by atoms with Crippen molar-refractivity contribution in [3.63, 3.8) is 0 Å². The third-order valence-corrected chi connectivity index (χ3v) is 4.90. The maximum atomic E-state index is 11.7. The first-order valence-corrected chi connectivity index (χ1v) is 7.59. The molecule has 0 saturated heterocycles. The van der Waals surface area contributed by atoms with E-state index in [9.17, 15) is 9.59 Å². The topological polar surface area (TPSA) is 84.2 Å². The molecule has 0 amide bonds. The normalized spacial score (nSPS) is 19.8. The molecule has 2 aliphatic rings. The van der Waals surface area contributed by atoms with Crippen molar-refractivity contribution in [3.8, 4) is 0 Å². The van der Waals surface area contributed by atoms with Gasteiger partial charge >= 0.3 is 5.97 Å². The van der Waals surface area contributed by atoms with Gasteiger partial charge in [-0.25, -0.2) is 4.98 Å². The highest BCUT2D eigenvalue weighted by Gasteiger charge is 2.47. The second-order valence-electron chi connectivity index (χ2n) is 6.48. The predicted octanol–water partition coefficient (Wildman–Crippen LogP) is 1.71. The van der Waals surface area contributed by atoms with Gasteiger partial charge in [-0.1, -0.05) is 6.42 Å². The lowest BCUT2D eigenvalue weighted by Crippen LogP contribution is -2.43. The Balaban J connectivity index is 1.44. The van der Waals surface area contributed by atoms with Gasteiger partial charge in [0, 0.05) is 12.6 Å². The highest BCUT2D eigenvalue weighted by atomic mass is 16.4. The van der Waals surface area contributed by atoms with Crippen LogP contribution in [0, 0.1) is 11.3 Å². The fourth-order valence-electron chi connectivity index (χ4n) is 3.65. The molecule has 1 aromatic heterocycles. The SMILES string of the molecule is O=C(O)Cn1cnc(NCCC2CC3(CCC3)C2)cc1=O. The van der Waals surface area contributed by atoms with Crippen molar-refractivity contribution in [2.45, 2.75) is 45.1 Å². The van der Waals surface area contributed by atoms with E-state index < -0.39 is 5.97 Å². The Morgan fingerprint density at radius 2 is 2.24 bits per heavy atom. The molecule has 2 fully saturated rings. The smallest absolute Gasteiger partial charge is 0.323 e. The number of nitrogens with one attached hydrogen (secondary N) is 1. The highest BCUT2D eigenvalue weighted by molar-refractivity contribution is 5.66. The molecule has 6 nitrogen and oxygen atoms in total. The number of carbonyl (C=O) groups is 1. The number of nitrogens with zero attached hydrogens (tertiary/aromatic N) is 2. The van der Waals surface area contributed by atoms with Gasteiger partial charge in [0.05, 0.1) is 0 Å². The summed E-state index contributed by atoms with van der Waals surface area (Å²) in [5.41, 5.74) is 0.368. The van der Waals surface area contributed by atoms with E-state index in [1.807, 2.05) is 0 Å². The van der Waals surface area contributed by atoms with E-state index in [1.54, 1.807) is 0 Å². The van der Waals surface area contributed by atoms with Gasteiger partial charge in [0.1, 0.15) is 18.7 Å². The highest BCUT2D eigenvalue weighted by Crippen LogP contribution is 2.59. The number of aliphatic carboxylic acids is 1. The second kappa shape index (κ2) is 5.50. The predicted molar refractivity (Wildman–Crippen MR) is 78.2 cm³/mol. The number of hydrogen-bond acceptors (Lipinski definition) is 4. The molecule has 0 unspecified atom stereocenters. The van der Waals surface area contributed by atoms with Gasteiger partial charge in [0.25, 0.3) is 5.56 Å². The third-order valence-electron chi connectivity index (χ3n) is 4.90. The Bertz CT molecular complexity index is 584. The maximum Gasteiger partial charge on any atom is 0.323 e. The summed E-state index contributed by atoms with van der Waals surface area (Å²) >= 11 is 0. The van der Waals surface area contributed by atoms with Crippen LogP contribution >= 0.6 is 0 Å². The molecular weight excluding hydrogens is 270 g/mol. The van der Waals surface area contributed by atoms with Crippen molar-refractivity contribution in [3.05, 3.63) is 22.7 Å². The first-order valence-electron chi connectivity index (χ1n) is 7.59. The second-order valence-corrected chi connectivity index (χ2v) is 6.48. The lowest BCUT2D eigenvalue weighted by Gasteiger charge is -2.54. The number of carboxylic acid groups (broad SMARTS) is 1. The van der Waals surface area contributed by atoms with Crippen LogP contribution in [-0.4, -0.2) is 27.2 Å². The molecular formula is C15H21N3O3. The Morgan fingerprint density at radius 3 is 2.81 bits per heavy atom. The largest absolute Gasteiger partial charge is 0.480 e. The molecule has 2 N–H and O–H groups in total. The van der Waals surface area contributed by atoms with Gasteiger partial charge in [-0.3, -0.25) is 14.2 Å². The lowest BCUT2D eigenvalue weighted by atomic mass is 9.51. The van der Waals surface area contributed by atoms with Crippen LogP contribution in [0.15, 0.2) is 17.2 Å². The van der Waals surface area contributed by atoms with Crippen LogP contribution in [0.25, 0.3) is 0 Å². The van der Waals surface area contributed by atoms with E-state index in [4.69, 9.17) is 5.11 Å². The maximum absolute atomic E-state index is 11.7. The fourth-order valence-corrected chi connectivity index (χ4v) is 3.65. The average molecular weight is 291 g/mol.